The van der Waals surface area contributed by atoms with Crippen LogP contribution in [0, 0.1) is 11.3 Å². The molecule has 0 saturated carbocycles. The molecule has 0 aliphatic heterocycles. The lowest BCUT2D eigenvalue weighted by atomic mass is 10.2. The number of aromatic nitrogens is 2. The molecule has 2 aromatic carbocycles. The smallest absolute Gasteiger partial charge is 0.331 e. The molecule has 6 nitrogen and oxygen atoms in total. The number of carbonyl (C=O) groups is 1. The first-order chi connectivity index (χ1) is 11.2. The lowest BCUT2D eigenvalue weighted by Gasteiger charge is -2.08. The van der Waals surface area contributed by atoms with Crippen molar-refractivity contribution in [3.8, 4) is 11.8 Å². The predicted molar refractivity (Wildman–Crippen MR) is 82.8 cm³/mol. The molecule has 0 atom stereocenters. The van der Waals surface area contributed by atoms with Crippen LogP contribution in [0.5, 0.6) is 5.75 Å². The van der Waals surface area contributed by atoms with Crippen LogP contribution in [0.3, 0.4) is 0 Å². The van der Waals surface area contributed by atoms with E-state index in [1.807, 2.05) is 6.07 Å². The van der Waals surface area contributed by atoms with Gasteiger partial charge in [0.25, 0.3) is 5.56 Å². The fourth-order valence-electron chi connectivity index (χ4n) is 2.16. The molecule has 0 fully saturated rings. The van der Waals surface area contributed by atoms with Crippen molar-refractivity contribution in [2.75, 3.05) is 0 Å². The van der Waals surface area contributed by atoms with Crippen molar-refractivity contribution in [2.45, 2.75) is 6.54 Å². The number of ether oxygens (including phenoxy) is 1. The van der Waals surface area contributed by atoms with E-state index in [1.165, 1.54) is 17.0 Å². The summed E-state index contributed by atoms with van der Waals surface area (Å²) in [7, 11) is 0. The molecule has 3 aromatic rings. The largest absolute Gasteiger partial charge is 0.424 e. The molecule has 0 unspecified atom stereocenters. The van der Waals surface area contributed by atoms with E-state index >= 15 is 0 Å². The summed E-state index contributed by atoms with van der Waals surface area (Å²) < 4.78 is 6.34. The molecule has 0 radical (unpaired) electrons. The number of nitrogens with zero attached hydrogens (tertiary/aromatic N) is 3. The van der Waals surface area contributed by atoms with Crippen LogP contribution in [0.25, 0.3) is 10.9 Å². The lowest BCUT2D eigenvalue weighted by Crippen LogP contribution is -2.27. The molecule has 0 saturated heterocycles. The van der Waals surface area contributed by atoms with Crippen molar-refractivity contribution >= 4 is 16.9 Å². The van der Waals surface area contributed by atoms with Crippen LogP contribution in [0.15, 0.2) is 59.7 Å². The van der Waals surface area contributed by atoms with Crippen LogP contribution in [0.2, 0.25) is 0 Å². The molecule has 1 heterocycles. The number of fused-ring (bicyclic) bond motifs is 1. The summed E-state index contributed by atoms with van der Waals surface area (Å²) in [5.74, 6) is -0.478. The van der Waals surface area contributed by atoms with Gasteiger partial charge in [0.1, 0.15) is 18.4 Å². The van der Waals surface area contributed by atoms with Gasteiger partial charge in [-0.15, -0.1) is 0 Å². The molecule has 112 valence electrons. The van der Waals surface area contributed by atoms with Crippen LogP contribution in [0.1, 0.15) is 5.56 Å². The zero-order valence-electron chi connectivity index (χ0n) is 12.0. The fourth-order valence-corrected chi connectivity index (χ4v) is 2.16. The Labute approximate surface area is 131 Å². The van der Waals surface area contributed by atoms with Crippen LogP contribution >= 0.6 is 0 Å². The minimum Gasteiger partial charge on any atom is -0.424 e. The van der Waals surface area contributed by atoms with Crippen LogP contribution in [-0.4, -0.2) is 15.5 Å². The Morgan fingerprint density at radius 3 is 2.74 bits per heavy atom. The molecule has 3 rings (SSSR count). The highest BCUT2D eigenvalue weighted by atomic mass is 16.5. The second kappa shape index (κ2) is 6.12. The summed E-state index contributed by atoms with van der Waals surface area (Å²) >= 11 is 0. The van der Waals surface area contributed by atoms with Crippen molar-refractivity contribution in [2.24, 2.45) is 0 Å². The second-order valence-electron chi connectivity index (χ2n) is 4.78. The van der Waals surface area contributed by atoms with E-state index in [2.05, 4.69) is 4.98 Å². The number of nitriles is 1. The van der Waals surface area contributed by atoms with Crippen molar-refractivity contribution < 1.29 is 9.53 Å². The molecule has 0 aliphatic carbocycles. The predicted octanol–water partition coefficient (Wildman–Crippen LogP) is 1.87. The first kappa shape index (κ1) is 14.5. The zero-order chi connectivity index (χ0) is 16.2. The summed E-state index contributed by atoms with van der Waals surface area (Å²) in [4.78, 5) is 28.5. The third-order valence-corrected chi connectivity index (χ3v) is 3.26. The highest BCUT2D eigenvalue weighted by molar-refractivity contribution is 5.78. The van der Waals surface area contributed by atoms with Gasteiger partial charge in [0.15, 0.2) is 0 Å². The minimum atomic E-state index is -0.646. The fraction of sp³-hybridized carbons (Fsp3) is 0.0588. The number of carbonyl (C=O) groups excluding carboxylic acids is 1. The van der Waals surface area contributed by atoms with Gasteiger partial charge < -0.3 is 4.74 Å². The van der Waals surface area contributed by atoms with E-state index in [-0.39, 0.29) is 23.4 Å². The average molecular weight is 305 g/mol. The Balaban J connectivity index is 1.85. The SMILES string of the molecule is N#Cc1ccccc1OC(=O)Cn1cnc2ccccc2c1=O. The zero-order valence-corrected chi connectivity index (χ0v) is 12.0. The van der Waals surface area contributed by atoms with E-state index in [4.69, 9.17) is 10.00 Å². The van der Waals surface area contributed by atoms with Crippen LogP contribution < -0.4 is 10.3 Å². The Kier molecular flexibility index (Phi) is 3.85. The van der Waals surface area contributed by atoms with Gasteiger partial charge in [-0.2, -0.15) is 5.26 Å². The van der Waals surface area contributed by atoms with Gasteiger partial charge in [0.05, 0.1) is 22.8 Å². The normalized spacial score (nSPS) is 10.2. The molecular weight excluding hydrogens is 294 g/mol. The Bertz CT molecular complexity index is 986. The van der Waals surface area contributed by atoms with Crippen molar-refractivity contribution in [1.29, 1.82) is 5.26 Å². The molecule has 6 heteroatoms. The van der Waals surface area contributed by atoms with E-state index in [9.17, 15) is 9.59 Å². The molecule has 0 aliphatic rings. The maximum absolute atomic E-state index is 12.3. The first-order valence-corrected chi connectivity index (χ1v) is 6.83. The quantitative estimate of drug-likeness (QED) is 0.545. The summed E-state index contributed by atoms with van der Waals surface area (Å²) in [6.07, 6.45) is 1.31. The minimum absolute atomic E-state index is 0.168. The van der Waals surface area contributed by atoms with Crippen molar-refractivity contribution in [1.82, 2.24) is 9.55 Å². The first-order valence-electron chi connectivity index (χ1n) is 6.83. The highest BCUT2D eigenvalue weighted by Gasteiger charge is 2.11. The number of rotatable bonds is 3. The van der Waals surface area contributed by atoms with Crippen LogP contribution in [0.4, 0.5) is 0 Å². The number of hydrogen-bond acceptors (Lipinski definition) is 5. The molecule has 0 amide bonds. The second-order valence-corrected chi connectivity index (χ2v) is 4.78. The van der Waals surface area contributed by atoms with Crippen LogP contribution in [-0.2, 0) is 11.3 Å². The molecule has 0 spiro atoms. The highest BCUT2D eigenvalue weighted by Crippen LogP contribution is 2.16. The molecule has 0 N–H and O–H groups in total. The molecule has 23 heavy (non-hydrogen) atoms. The van der Waals surface area contributed by atoms with Gasteiger partial charge in [-0.3, -0.25) is 9.36 Å². The van der Waals surface area contributed by atoms with Gasteiger partial charge >= 0.3 is 5.97 Å². The third-order valence-electron chi connectivity index (χ3n) is 3.26. The van der Waals surface area contributed by atoms with Crippen molar-refractivity contribution in [3.63, 3.8) is 0 Å². The summed E-state index contributed by atoms with van der Waals surface area (Å²) in [5.41, 5.74) is 0.503. The van der Waals surface area contributed by atoms with Gasteiger partial charge in [0, 0.05) is 0 Å². The van der Waals surface area contributed by atoms with E-state index in [0.717, 1.165) is 0 Å². The number of benzene rings is 2. The summed E-state index contributed by atoms with van der Waals surface area (Å²) in [5, 5.41) is 9.41. The van der Waals surface area contributed by atoms with E-state index in [0.29, 0.717) is 10.9 Å². The van der Waals surface area contributed by atoms with Crippen molar-refractivity contribution in [3.05, 3.63) is 70.8 Å². The Morgan fingerprint density at radius 1 is 1.17 bits per heavy atom. The van der Waals surface area contributed by atoms with Gasteiger partial charge in [0.2, 0.25) is 0 Å². The molecule has 0 bridgehead atoms. The third kappa shape index (κ3) is 2.94. The summed E-state index contributed by atoms with van der Waals surface area (Å²) in [6.45, 7) is -0.281. The number of para-hydroxylation sites is 2. The number of esters is 1. The lowest BCUT2D eigenvalue weighted by molar-refractivity contribution is -0.135. The Morgan fingerprint density at radius 2 is 1.91 bits per heavy atom. The van der Waals surface area contributed by atoms with E-state index in [1.54, 1.807) is 42.5 Å². The maximum Gasteiger partial charge on any atom is 0.331 e. The van der Waals surface area contributed by atoms with Gasteiger partial charge in [-0.25, -0.2) is 9.78 Å². The average Bonchev–Trinajstić information content (AvgIpc) is 2.58. The molecular formula is C17H11N3O3. The standard InChI is InChI=1S/C17H11N3O3/c18-9-12-5-1-4-8-15(12)23-16(21)10-20-11-19-14-7-3-2-6-13(14)17(20)22/h1-8,11H,10H2. The Hall–Kier alpha value is -3.46. The molecule has 1 aromatic heterocycles. The maximum atomic E-state index is 12.3. The monoisotopic (exact) mass is 305 g/mol. The van der Waals surface area contributed by atoms with Gasteiger partial charge in [-0.1, -0.05) is 24.3 Å². The summed E-state index contributed by atoms with van der Waals surface area (Å²) in [6, 6.07) is 15.2. The van der Waals surface area contributed by atoms with E-state index < -0.39 is 5.97 Å². The number of hydrogen-bond donors (Lipinski definition) is 0. The topological polar surface area (TPSA) is 85.0 Å². The van der Waals surface area contributed by atoms with Gasteiger partial charge in [-0.05, 0) is 24.3 Å².